The second kappa shape index (κ2) is 7.26. The number of ketones is 1. The maximum Gasteiger partial charge on any atom is 0.336 e. The lowest BCUT2D eigenvalue weighted by Crippen LogP contribution is -2.40. The molecule has 0 amide bonds. The molecule has 0 bridgehead atoms. The first-order valence-electron chi connectivity index (χ1n) is 8.23. The first-order valence-corrected chi connectivity index (χ1v) is 9.40. The van der Waals surface area contributed by atoms with Gasteiger partial charge in [0.2, 0.25) is 5.78 Å². The molecule has 0 aliphatic rings. The molecular formula is C20H12BrClN2O4. The third kappa shape index (κ3) is 3.23. The predicted molar refractivity (Wildman–Crippen MR) is 110 cm³/mol. The summed E-state index contributed by atoms with van der Waals surface area (Å²) in [4.78, 5) is 38.8. The molecule has 2 heterocycles. The fourth-order valence-corrected chi connectivity index (χ4v) is 3.46. The van der Waals surface area contributed by atoms with Crippen molar-refractivity contribution < 1.29 is 9.21 Å². The minimum absolute atomic E-state index is 0.140. The number of halogens is 2. The molecule has 140 valence electrons. The van der Waals surface area contributed by atoms with Gasteiger partial charge in [0, 0.05) is 9.50 Å². The Morgan fingerprint density at radius 2 is 1.82 bits per heavy atom. The molecule has 8 heteroatoms. The maximum atomic E-state index is 13.2. The Balaban J connectivity index is 2.00. The zero-order chi connectivity index (χ0) is 19.8. The monoisotopic (exact) mass is 458 g/mol. The van der Waals surface area contributed by atoms with E-state index in [1.54, 1.807) is 48.5 Å². The average molecular weight is 460 g/mol. The van der Waals surface area contributed by atoms with Crippen LogP contribution in [0.5, 0.6) is 0 Å². The molecule has 0 saturated carbocycles. The largest absolute Gasteiger partial charge is 0.461 e. The van der Waals surface area contributed by atoms with Crippen LogP contribution in [0.15, 0.2) is 79.3 Å². The van der Waals surface area contributed by atoms with Crippen molar-refractivity contribution in [2.75, 3.05) is 0 Å². The molecule has 6 nitrogen and oxygen atoms in total. The molecule has 0 spiro atoms. The number of hydrogen-bond donors (Lipinski definition) is 0. The number of rotatable bonds is 4. The van der Waals surface area contributed by atoms with E-state index in [2.05, 4.69) is 15.9 Å². The highest BCUT2D eigenvalue weighted by Gasteiger charge is 2.18. The third-order valence-corrected chi connectivity index (χ3v) is 5.03. The lowest BCUT2D eigenvalue weighted by molar-refractivity contribution is 0.0944. The first-order chi connectivity index (χ1) is 13.5. The van der Waals surface area contributed by atoms with Crippen LogP contribution in [0.3, 0.4) is 0 Å². The molecule has 0 saturated heterocycles. The van der Waals surface area contributed by atoms with Crippen LogP contribution in [0, 0.1) is 0 Å². The maximum absolute atomic E-state index is 13.2. The molecule has 2 aromatic carbocycles. The van der Waals surface area contributed by atoms with Gasteiger partial charge in [0.1, 0.15) is 0 Å². The molecule has 0 aliphatic carbocycles. The number of fused-ring (bicyclic) bond motifs is 1. The minimum atomic E-state index is -0.623. The Kier molecular flexibility index (Phi) is 4.78. The molecule has 4 rings (SSSR count). The van der Waals surface area contributed by atoms with E-state index >= 15 is 0 Å². The summed E-state index contributed by atoms with van der Waals surface area (Å²) in [6, 6.07) is 14.4. The summed E-state index contributed by atoms with van der Waals surface area (Å²) in [5.74, 6) is -0.237. The van der Waals surface area contributed by atoms with Crippen LogP contribution >= 0.6 is 27.5 Å². The molecule has 0 atom stereocenters. The number of furan rings is 1. The quantitative estimate of drug-likeness (QED) is 0.432. The van der Waals surface area contributed by atoms with E-state index in [1.807, 2.05) is 0 Å². The molecule has 28 heavy (non-hydrogen) atoms. The number of benzene rings is 2. The van der Waals surface area contributed by atoms with Gasteiger partial charge in [-0.1, -0.05) is 27.5 Å². The van der Waals surface area contributed by atoms with E-state index < -0.39 is 11.2 Å². The Bertz CT molecular complexity index is 1310. The van der Waals surface area contributed by atoms with E-state index in [1.165, 1.54) is 16.9 Å². The average Bonchev–Trinajstić information content (AvgIpc) is 3.22. The topological polar surface area (TPSA) is 74.2 Å². The number of aromatic nitrogens is 2. The van der Waals surface area contributed by atoms with Crippen molar-refractivity contribution in [1.29, 1.82) is 0 Å². The Hall–Kier alpha value is -2.90. The van der Waals surface area contributed by atoms with Gasteiger partial charge < -0.3 is 4.42 Å². The summed E-state index contributed by atoms with van der Waals surface area (Å²) in [5.41, 5.74) is -0.379. The smallest absolute Gasteiger partial charge is 0.336 e. The number of nitrogens with zero attached hydrogens (tertiary/aromatic N) is 2. The normalized spacial score (nSPS) is 11.1. The number of carbonyl (C=O) groups is 1. The van der Waals surface area contributed by atoms with E-state index in [0.29, 0.717) is 26.1 Å². The fourth-order valence-electron chi connectivity index (χ4n) is 2.98. The summed E-state index contributed by atoms with van der Waals surface area (Å²) >= 11 is 9.27. The standard InChI is InChI=1S/C20H12BrClN2O4/c21-12-3-8-16-15(10-12)19(26)24(14-6-4-13(22)5-7-14)20(27)23(16)11-17(25)18-2-1-9-28-18/h1-10H,11H2. The van der Waals surface area contributed by atoms with Gasteiger partial charge in [-0.05, 0) is 54.6 Å². The van der Waals surface area contributed by atoms with E-state index in [4.69, 9.17) is 16.0 Å². The lowest BCUT2D eigenvalue weighted by atomic mass is 10.2. The summed E-state index contributed by atoms with van der Waals surface area (Å²) in [7, 11) is 0. The molecule has 0 aliphatic heterocycles. The van der Waals surface area contributed by atoms with Gasteiger partial charge in [-0.3, -0.25) is 14.2 Å². The minimum Gasteiger partial charge on any atom is -0.461 e. The van der Waals surface area contributed by atoms with Gasteiger partial charge in [-0.2, -0.15) is 0 Å². The van der Waals surface area contributed by atoms with Gasteiger partial charge in [0.25, 0.3) is 5.56 Å². The molecule has 4 aromatic rings. The second-order valence-corrected chi connectivity index (χ2v) is 7.40. The van der Waals surface area contributed by atoms with Gasteiger partial charge in [0.15, 0.2) is 5.76 Å². The highest BCUT2D eigenvalue weighted by atomic mass is 79.9. The molecule has 0 unspecified atom stereocenters. The molecule has 0 radical (unpaired) electrons. The first kappa shape index (κ1) is 18.5. The van der Waals surface area contributed by atoms with E-state index in [9.17, 15) is 14.4 Å². The van der Waals surface area contributed by atoms with Crippen molar-refractivity contribution in [3.05, 3.63) is 97.0 Å². The van der Waals surface area contributed by atoms with Crippen LogP contribution in [0.2, 0.25) is 5.02 Å². The summed E-state index contributed by atoms with van der Waals surface area (Å²) in [5, 5.41) is 0.782. The Labute approximate surface area is 171 Å². The fraction of sp³-hybridized carbons (Fsp3) is 0.0500. The van der Waals surface area contributed by atoms with E-state index in [0.717, 1.165) is 4.57 Å². The van der Waals surface area contributed by atoms with E-state index in [-0.39, 0.29) is 18.1 Å². The van der Waals surface area contributed by atoms with Gasteiger partial charge in [0.05, 0.1) is 29.4 Å². The van der Waals surface area contributed by atoms with Crippen molar-refractivity contribution in [1.82, 2.24) is 9.13 Å². The molecule has 0 N–H and O–H groups in total. The van der Waals surface area contributed by atoms with Crippen LogP contribution < -0.4 is 11.2 Å². The summed E-state index contributed by atoms with van der Waals surface area (Å²) in [6.45, 7) is -0.266. The predicted octanol–water partition coefficient (Wildman–Crippen LogP) is 4.04. The summed E-state index contributed by atoms with van der Waals surface area (Å²) in [6.07, 6.45) is 1.39. The second-order valence-electron chi connectivity index (χ2n) is 6.05. The van der Waals surface area contributed by atoms with Crippen LogP contribution in [0.4, 0.5) is 0 Å². The molecule has 0 fully saturated rings. The third-order valence-electron chi connectivity index (χ3n) is 4.29. The van der Waals surface area contributed by atoms with Crippen molar-refractivity contribution in [2.24, 2.45) is 0 Å². The highest BCUT2D eigenvalue weighted by Crippen LogP contribution is 2.18. The van der Waals surface area contributed by atoms with Crippen LogP contribution in [-0.2, 0) is 6.54 Å². The van der Waals surface area contributed by atoms with Crippen molar-refractivity contribution >= 4 is 44.2 Å². The Morgan fingerprint density at radius 1 is 1.07 bits per heavy atom. The number of Topliss-reactive ketones (excluding diaryl/α,β-unsaturated/α-hetero) is 1. The van der Waals surface area contributed by atoms with Crippen LogP contribution in [0.25, 0.3) is 16.6 Å². The zero-order valence-electron chi connectivity index (χ0n) is 14.3. The zero-order valence-corrected chi connectivity index (χ0v) is 16.6. The van der Waals surface area contributed by atoms with Crippen molar-refractivity contribution in [3.63, 3.8) is 0 Å². The SMILES string of the molecule is O=C(Cn1c(=O)n(-c2ccc(Cl)cc2)c(=O)c2cc(Br)ccc21)c1ccco1. The van der Waals surface area contributed by atoms with Crippen LogP contribution in [0.1, 0.15) is 10.6 Å². The van der Waals surface area contributed by atoms with Gasteiger partial charge >= 0.3 is 5.69 Å². The van der Waals surface area contributed by atoms with Gasteiger partial charge in [-0.25, -0.2) is 9.36 Å². The van der Waals surface area contributed by atoms with Crippen molar-refractivity contribution in [2.45, 2.75) is 6.54 Å². The summed E-state index contributed by atoms with van der Waals surface area (Å²) < 4.78 is 8.11. The van der Waals surface area contributed by atoms with Gasteiger partial charge in [-0.15, -0.1) is 0 Å². The number of hydrogen-bond acceptors (Lipinski definition) is 4. The number of carbonyl (C=O) groups excluding carboxylic acids is 1. The molecular weight excluding hydrogens is 448 g/mol. The van der Waals surface area contributed by atoms with Crippen LogP contribution in [-0.4, -0.2) is 14.9 Å². The highest BCUT2D eigenvalue weighted by molar-refractivity contribution is 9.10. The lowest BCUT2D eigenvalue weighted by Gasteiger charge is -2.13. The molecule has 2 aromatic heterocycles. The van der Waals surface area contributed by atoms with Crippen molar-refractivity contribution in [3.8, 4) is 5.69 Å². The Morgan fingerprint density at radius 3 is 2.50 bits per heavy atom.